The molecule has 124 valence electrons. The standard InChI is InChI=1S/C18H21N5O/c1-18(2)6-5-12-15(9-18)22-23-16(12)14-7-10-3-4-11(20-17(19)24)8-13(10)21-14/h3-4,7-8,21H,5-6,9H2,1-2H3,(H,22,23)(H3,19,20,24). The summed E-state index contributed by atoms with van der Waals surface area (Å²) >= 11 is 0. The van der Waals surface area contributed by atoms with Crippen molar-refractivity contribution in [1.29, 1.82) is 0 Å². The van der Waals surface area contributed by atoms with Crippen molar-refractivity contribution in [3.05, 3.63) is 35.5 Å². The SMILES string of the molecule is CC1(C)CCc2c(-c3cc4ccc(NC(N)=O)cc4[nH]3)n[nH]c2C1. The molecule has 6 heteroatoms. The van der Waals surface area contributed by atoms with Gasteiger partial charge in [0.05, 0.1) is 5.69 Å². The van der Waals surface area contributed by atoms with Crippen molar-refractivity contribution >= 4 is 22.6 Å². The van der Waals surface area contributed by atoms with Gasteiger partial charge in [-0.25, -0.2) is 4.79 Å². The van der Waals surface area contributed by atoms with Gasteiger partial charge in [-0.1, -0.05) is 19.9 Å². The van der Waals surface area contributed by atoms with Crippen molar-refractivity contribution in [1.82, 2.24) is 15.2 Å². The zero-order valence-electron chi connectivity index (χ0n) is 13.9. The highest BCUT2D eigenvalue weighted by Crippen LogP contribution is 2.38. The minimum Gasteiger partial charge on any atom is -0.353 e. The predicted molar refractivity (Wildman–Crippen MR) is 94.9 cm³/mol. The molecule has 1 aliphatic carbocycles. The molecule has 6 nitrogen and oxygen atoms in total. The summed E-state index contributed by atoms with van der Waals surface area (Å²) < 4.78 is 0. The van der Waals surface area contributed by atoms with E-state index in [4.69, 9.17) is 5.73 Å². The average molecular weight is 323 g/mol. The number of carbonyl (C=O) groups is 1. The highest BCUT2D eigenvalue weighted by molar-refractivity contribution is 5.93. The highest BCUT2D eigenvalue weighted by atomic mass is 16.2. The molecule has 2 aromatic heterocycles. The quantitative estimate of drug-likeness (QED) is 0.579. The molecule has 2 heterocycles. The summed E-state index contributed by atoms with van der Waals surface area (Å²) in [6, 6.07) is 7.21. The summed E-state index contributed by atoms with van der Waals surface area (Å²) in [6.07, 6.45) is 3.24. The molecule has 2 amide bonds. The number of nitrogens with two attached hydrogens (primary N) is 1. The second-order valence-corrected chi connectivity index (χ2v) is 7.34. The van der Waals surface area contributed by atoms with Crippen LogP contribution in [0.5, 0.6) is 0 Å². The highest BCUT2D eigenvalue weighted by Gasteiger charge is 2.29. The normalized spacial score (nSPS) is 16.1. The van der Waals surface area contributed by atoms with Gasteiger partial charge in [0.15, 0.2) is 0 Å². The lowest BCUT2D eigenvalue weighted by Gasteiger charge is -2.28. The molecular weight excluding hydrogens is 302 g/mol. The number of primary amides is 1. The largest absolute Gasteiger partial charge is 0.353 e. The van der Waals surface area contributed by atoms with Crippen LogP contribution < -0.4 is 11.1 Å². The van der Waals surface area contributed by atoms with Crippen LogP contribution in [0.3, 0.4) is 0 Å². The molecule has 1 aliphatic rings. The number of nitrogens with one attached hydrogen (secondary N) is 3. The van der Waals surface area contributed by atoms with Gasteiger partial charge in [0.1, 0.15) is 5.69 Å². The molecule has 0 spiro atoms. The Morgan fingerprint density at radius 1 is 1.33 bits per heavy atom. The summed E-state index contributed by atoms with van der Waals surface area (Å²) in [7, 11) is 0. The Morgan fingerprint density at radius 3 is 2.96 bits per heavy atom. The van der Waals surface area contributed by atoms with E-state index in [2.05, 4.69) is 40.4 Å². The van der Waals surface area contributed by atoms with Gasteiger partial charge in [0.25, 0.3) is 0 Å². The van der Waals surface area contributed by atoms with Crippen LogP contribution in [0.25, 0.3) is 22.3 Å². The number of aromatic amines is 2. The number of anilines is 1. The Balaban J connectivity index is 1.73. The van der Waals surface area contributed by atoms with Crippen molar-refractivity contribution in [3.8, 4) is 11.4 Å². The van der Waals surface area contributed by atoms with E-state index in [0.29, 0.717) is 11.1 Å². The van der Waals surface area contributed by atoms with Gasteiger partial charge in [0, 0.05) is 27.8 Å². The average Bonchev–Trinajstić information content (AvgIpc) is 3.07. The van der Waals surface area contributed by atoms with Gasteiger partial charge in [0.2, 0.25) is 0 Å². The van der Waals surface area contributed by atoms with Crippen LogP contribution in [0.2, 0.25) is 0 Å². The fourth-order valence-electron chi connectivity index (χ4n) is 3.54. The number of rotatable bonds is 2. The van der Waals surface area contributed by atoms with Gasteiger partial charge in [-0.05, 0) is 42.9 Å². The molecule has 0 saturated carbocycles. The topological polar surface area (TPSA) is 99.6 Å². The number of benzene rings is 1. The van der Waals surface area contributed by atoms with Crippen LogP contribution in [0.15, 0.2) is 24.3 Å². The first-order chi connectivity index (χ1) is 11.4. The Labute approximate surface area is 139 Å². The molecule has 0 radical (unpaired) electrons. The van der Waals surface area contributed by atoms with Crippen LogP contribution in [0, 0.1) is 5.41 Å². The lowest BCUT2D eigenvalue weighted by atomic mass is 9.76. The number of hydrogen-bond donors (Lipinski definition) is 4. The van der Waals surface area contributed by atoms with E-state index >= 15 is 0 Å². The number of hydrogen-bond acceptors (Lipinski definition) is 2. The number of H-pyrrole nitrogens is 2. The summed E-state index contributed by atoms with van der Waals surface area (Å²) in [4.78, 5) is 14.4. The summed E-state index contributed by atoms with van der Waals surface area (Å²) in [5.41, 5.74) is 11.7. The first-order valence-electron chi connectivity index (χ1n) is 8.17. The maximum atomic E-state index is 11.0. The molecule has 0 aliphatic heterocycles. The predicted octanol–water partition coefficient (Wildman–Crippen LogP) is 3.56. The molecule has 24 heavy (non-hydrogen) atoms. The van der Waals surface area contributed by atoms with Crippen molar-refractivity contribution < 1.29 is 4.79 Å². The molecule has 0 unspecified atom stereocenters. The summed E-state index contributed by atoms with van der Waals surface area (Å²) in [6.45, 7) is 4.60. The van der Waals surface area contributed by atoms with Crippen LogP contribution >= 0.6 is 0 Å². The Morgan fingerprint density at radius 2 is 2.17 bits per heavy atom. The van der Waals surface area contributed by atoms with Crippen molar-refractivity contribution in [3.63, 3.8) is 0 Å². The number of carbonyl (C=O) groups excluding carboxylic acids is 1. The second-order valence-electron chi connectivity index (χ2n) is 7.34. The zero-order valence-corrected chi connectivity index (χ0v) is 13.9. The molecule has 0 atom stereocenters. The maximum Gasteiger partial charge on any atom is 0.316 e. The van der Waals surface area contributed by atoms with Gasteiger partial charge in [-0.3, -0.25) is 5.10 Å². The van der Waals surface area contributed by atoms with Crippen molar-refractivity contribution in [2.75, 3.05) is 5.32 Å². The van der Waals surface area contributed by atoms with E-state index in [0.717, 1.165) is 35.1 Å². The minimum absolute atomic E-state index is 0.326. The van der Waals surface area contributed by atoms with Crippen LogP contribution in [0.1, 0.15) is 31.5 Å². The van der Waals surface area contributed by atoms with Gasteiger partial charge >= 0.3 is 6.03 Å². The zero-order chi connectivity index (χ0) is 16.9. The first-order valence-corrected chi connectivity index (χ1v) is 8.17. The molecular formula is C18H21N5O. The second kappa shape index (κ2) is 5.12. The van der Waals surface area contributed by atoms with E-state index < -0.39 is 6.03 Å². The molecule has 3 aromatic rings. The summed E-state index contributed by atoms with van der Waals surface area (Å²) in [5, 5.41) is 11.4. The third-order valence-electron chi connectivity index (χ3n) is 4.81. The molecule has 5 N–H and O–H groups in total. The number of aromatic nitrogens is 3. The van der Waals surface area contributed by atoms with Crippen molar-refractivity contribution in [2.24, 2.45) is 11.1 Å². The Hall–Kier alpha value is -2.76. The van der Waals surface area contributed by atoms with Crippen LogP contribution in [-0.2, 0) is 12.8 Å². The molecule has 4 rings (SSSR count). The molecule has 0 saturated heterocycles. The fourth-order valence-corrected chi connectivity index (χ4v) is 3.54. The Kier molecular flexibility index (Phi) is 3.16. The number of urea groups is 1. The minimum atomic E-state index is -0.565. The van der Waals surface area contributed by atoms with Gasteiger partial charge in [-0.2, -0.15) is 5.10 Å². The van der Waals surface area contributed by atoms with E-state index in [1.165, 1.54) is 17.7 Å². The molecule has 0 bridgehead atoms. The third kappa shape index (κ3) is 2.54. The van der Waals surface area contributed by atoms with E-state index in [9.17, 15) is 4.79 Å². The lowest BCUT2D eigenvalue weighted by molar-refractivity contribution is 0.259. The summed E-state index contributed by atoms with van der Waals surface area (Å²) in [5.74, 6) is 0. The fraction of sp³-hybridized carbons (Fsp3) is 0.333. The number of fused-ring (bicyclic) bond motifs is 2. The lowest BCUT2D eigenvalue weighted by Crippen LogP contribution is -2.21. The third-order valence-corrected chi connectivity index (χ3v) is 4.81. The van der Waals surface area contributed by atoms with E-state index in [-0.39, 0.29) is 0 Å². The smallest absolute Gasteiger partial charge is 0.316 e. The van der Waals surface area contributed by atoms with Gasteiger partial charge < -0.3 is 16.0 Å². The van der Waals surface area contributed by atoms with E-state index in [1.54, 1.807) is 0 Å². The van der Waals surface area contributed by atoms with E-state index in [1.807, 2.05) is 18.2 Å². The Bertz CT molecular complexity index is 934. The van der Waals surface area contributed by atoms with Crippen LogP contribution in [-0.4, -0.2) is 21.2 Å². The molecule has 1 aromatic carbocycles. The number of amides is 2. The van der Waals surface area contributed by atoms with Crippen LogP contribution in [0.4, 0.5) is 10.5 Å². The first kappa shape index (κ1) is 14.8. The monoisotopic (exact) mass is 323 g/mol. The van der Waals surface area contributed by atoms with Crippen molar-refractivity contribution in [2.45, 2.75) is 33.1 Å². The number of nitrogens with zero attached hydrogens (tertiary/aromatic N) is 1. The molecule has 0 fully saturated rings. The van der Waals surface area contributed by atoms with Gasteiger partial charge in [-0.15, -0.1) is 0 Å². The maximum absolute atomic E-state index is 11.0.